The van der Waals surface area contributed by atoms with Crippen LogP contribution in [0, 0.1) is 17.5 Å². The van der Waals surface area contributed by atoms with Crippen molar-refractivity contribution in [1.82, 2.24) is 10.2 Å². The molecule has 0 aromatic heterocycles. The van der Waals surface area contributed by atoms with Crippen molar-refractivity contribution in [2.75, 3.05) is 20.2 Å². The van der Waals surface area contributed by atoms with E-state index in [9.17, 15) is 22.8 Å². The molecule has 1 saturated heterocycles. The van der Waals surface area contributed by atoms with Gasteiger partial charge in [-0.2, -0.15) is 0 Å². The maximum Gasteiger partial charge on any atom is 0.406 e. The molecule has 4 rings (SSSR count). The van der Waals surface area contributed by atoms with E-state index in [4.69, 9.17) is 0 Å². The number of nitrogens with zero attached hydrogens (tertiary/aromatic N) is 1. The van der Waals surface area contributed by atoms with E-state index in [1.807, 2.05) is 24.0 Å². The number of ether oxygens (including phenoxy) is 1. The van der Waals surface area contributed by atoms with Crippen LogP contribution in [0.3, 0.4) is 0 Å². The number of likely N-dealkylation sites (tertiary alicyclic amines) is 1. The zero-order valence-electron chi connectivity index (χ0n) is 20.8. The molecule has 0 spiro atoms. The Morgan fingerprint density at radius 3 is 2.32 bits per heavy atom. The topological polar surface area (TPSA) is 58.6 Å². The van der Waals surface area contributed by atoms with Gasteiger partial charge in [0.25, 0.3) is 0 Å². The third kappa shape index (κ3) is 5.79. The lowest BCUT2D eigenvalue weighted by molar-refractivity contribution is -0.138. The minimum Gasteiger partial charge on any atom is -0.453 e. The van der Waals surface area contributed by atoms with Gasteiger partial charge in [0, 0.05) is 36.6 Å². The number of hydrogen-bond donors (Lipinski definition) is 1. The van der Waals surface area contributed by atoms with Crippen LogP contribution in [-0.4, -0.2) is 37.1 Å². The van der Waals surface area contributed by atoms with Crippen molar-refractivity contribution in [3.8, 4) is 11.1 Å². The highest BCUT2D eigenvalue weighted by Gasteiger charge is 2.41. The molecule has 37 heavy (non-hydrogen) atoms. The van der Waals surface area contributed by atoms with Gasteiger partial charge >= 0.3 is 6.09 Å². The van der Waals surface area contributed by atoms with Crippen molar-refractivity contribution in [1.29, 1.82) is 0 Å². The number of piperidine rings is 1. The summed E-state index contributed by atoms with van der Waals surface area (Å²) < 4.78 is 45.7. The van der Waals surface area contributed by atoms with Crippen LogP contribution < -0.4 is 5.32 Å². The minimum absolute atomic E-state index is 0.0465. The van der Waals surface area contributed by atoms with E-state index < -0.39 is 23.1 Å². The summed E-state index contributed by atoms with van der Waals surface area (Å²) in [5, 5.41) is 2.68. The summed E-state index contributed by atoms with van der Waals surface area (Å²) in [6.45, 7) is 2.73. The first-order chi connectivity index (χ1) is 17.7. The fourth-order valence-corrected chi connectivity index (χ4v) is 5.08. The highest BCUT2D eigenvalue weighted by molar-refractivity contribution is 5.79. The highest BCUT2D eigenvalue weighted by Crippen LogP contribution is 2.41. The smallest absolute Gasteiger partial charge is 0.406 e. The lowest BCUT2D eigenvalue weighted by Gasteiger charge is -2.44. The van der Waals surface area contributed by atoms with Gasteiger partial charge in [0.15, 0.2) is 0 Å². The SMILES string of the molecule is COC(=O)NCCC1(c2ccc(F)cc2)CCN([C@@H](C)c2ccc(-c3ccc(F)cc3F)cc2)C(=O)C1. The van der Waals surface area contributed by atoms with Gasteiger partial charge < -0.3 is 15.0 Å². The van der Waals surface area contributed by atoms with Gasteiger partial charge in [-0.3, -0.25) is 4.79 Å². The monoisotopic (exact) mass is 510 g/mol. The maximum atomic E-state index is 14.2. The molecular formula is C29H29F3N2O3. The third-order valence-electron chi connectivity index (χ3n) is 7.26. The normalized spacial score (nSPS) is 18.4. The van der Waals surface area contributed by atoms with Crippen molar-refractivity contribution in [3.63, 3.8) is 0 Å². The summed E-state index contributed by atoms with van der Waals surface area (Å²) in [5.41, 5.74) is 2.12. The zero-order valence-corrected chi connectivity index (χ0v) is 20.8. The summed E-state index contributed by atoms with van der Waals surface area (Å²) in [7, 11) is 1.29. The number of methoxy groups -OCH3 is 1. The molecule has 1 fully saturated rings. The lowest BCUT2D eigenvalue weighted by atomic mass is 9.70. The first-order valence-corrected chi connectivity index (χ1v) is 12.2. The van der Waals surface area contributed by atoms with Crippen LogP contribution in [0.25, 0.3) is 11.1 Å². The first-order valence-electron chi connectivity index (χ1n) is 12.2. The highest BCUT2D eigenvalue weighted by atomic mass is 19.1. The van der Waals surface area contributed by atoms with E-state index >= 15 is 0 Å². The number of carbonyl (C=O) groups is 2. The van der Waals surface area contributed by atoms with E-state index in [0.717, 1.165) is 17.2 Å². The maximum absolute atomic E-state index is 14.2. The number of alkyl carbamates (subject to hydrolysis) is 1. The van der Waals surface area contributed by atoms with E-state index in [1.54, 1.807) is 24.3 Å². The zero-order chi connectivity index (χ0) is 26.6. The summed E-state index contributed by atoms with van der Waals surface area (Å²) in [4.78, 5) is 26.8. The summed E-state index contributed by atoms with van der Waals surface area (Å²) in [6.07, 6.45) is 0.802. The number of amides is 2. The van der Waals surface area contributed by atoms with Crippen LogP contribution in [0.5, 0.6) is 0 Å². The van der Waals surface area contributed by atoms with Gasteiger partial charge in [0.05, 0.1) is 13.2 Å². The molecule has 194 valence electrons. The van der Waals surface area contributed by atoms with Crippen molar-refractivity contribution in [2.45, 2.75) is 37.6 Å². The van der Waals surface area contributed by atoms with E-state index in [2.05, 4.69) is 10.1 Å². The van der Waals surface area contributed by atoms with Crippen molar-refractivity contribution >= 4 is 12.0 Å². The number of halogens is 3. The quantitative estimate of drug-likeness (QED) is 0.416. The molecular weight excluding hydrogens is 481 g/mol. The Balaban J connectivity index is 1.51. The van der Waals surface area contributed by atoms with Crippen LogP contribution in [-0.2, 0) is 14.9 Å². The molecule has 5 nitrogen and oxygen atoms in total. The second kappa shape index (κ2) is 11.1. The first kappa shape index (κ1) is 26.3. The fourth-order valence-electron chi connectivity index (χ4n) is 5.08. The Morgan fingerprint density at radius 1 is 1.03 bits per heavy atom. The third-order valence-corrected chi connectivity index (χ3v) is 7.26. The molecule has 1 aliphatic rings. The van der Waals surface area contributed by atoms with Gasteiger partial charge in [-0.05, 0) is 60.7 Å². The average Bonchev–Trinajstić information content (AvgIpc) is 2.89. The van der Waals surface area contributed by atoms with Gasteiger partial charge in [0.1, 0.15) is 17.5 Å². The number of nitrogens with one attached hydrogen (secondary N) is 1. The Kier molecular flexibility index (Phi) is 7.86. The fraction of sp³-hybridized carbons (Fsp3) is 0.310. The van der Waals surface area contributed by atoms with Crippen molar-refractivity contribution in [3.05, 3.63) is 95.3 Å². The van der Waals surface area contributed by atoms with E-state index in [0.29, 0.717) is 37.1 Å². The molecule has 0 saturated carbocycles. The molecule has 1 aliphatic heterocycles. The van der Waals surface area contributed by atoms with Crippen molar-refractivity contribution in [2.24, 2.45) is 0 Å². The molecule has 1 unspecified atom stereocenters. The number of rotatable bonds is 7. The van der Waals surface area contributed by atoms with Crippen LogP contribution in [0.2, 0.25) is 0 Å². The molecule has 2 amide bonds. The Labute approximate surface area is 214 Å². The van der Waals surface area contributed by atoms with Crippen molar-refractivity contribution < 1.29 is 27.5 Å². The molecule has 0 aliphatic carbocycles. The van der Waals surface area contributed by atoms with E-state index in [-0.39, 0.29) is 24.2 Å². The predicted octanol–water partition coefficient (Wildman–Crippen LogP) is 6.14. The minimum atomic E-state index is -0.633. The second-order valence-electron chi connectivity index (χ2n) is 9.39. The second-order valence-corrected chi connectivity index (χ2v) is 9.39. The van der Waals surface area contributed by atoms with Crippen LogP contribution in [0.15, 0.2) is 66.7 Å². The lowest BCUT2D eigenvalue weighted by Crippen LogP contribution is -2.48. The van der Waals surface area contributed by atoms with Crippen LogP contribution in [0.4, 0.5) is 18.0 Å². The standard InChI is InChI=1S/C29H29F3N2O3/c1-19(20-3-5-21(6-4-20)25-12-11-24(31)17-26(25)32)34-16-14-29(18-27(34)35,13-15-33-28(36)37-2)22-7-9-23(30)10-8-22/h3-12,17,19H,13-16,18H2,1-2H3,(H,33,36)/t19-,29?/m0/s1. The number of hydrogen-bond acceptors (Lipinski definition) is 3. The molecule has 0 bridgehead atoms. The van der Waals surface area contributed by atoms with Gasteiger partial charge in [0.2, 0.25) is 5.91 Å². The predicted molar refractivity (Wildman–Crippen MR) is 134 cm³/mol. The molecule has 3 aromatic rings. The Morgan fingerprint density at radius 2 is 1.70 bits per heavy atom. The molecule has 0 radical (unpaired) electrons. The molecule has 8 heteroatoms. The van der Waals surface area contributed by atoms with Gasteiger partial charge in [-0.1, -0.05) is 36.4 Å². The average molecular weight is 511 g/mol. The Hall–Kier alpha value is -3.81. The molecule has 1 heterocycles. The van der Waals surface area contributed by atoms with Crippen LogP contribution >= 0.6 is 0 Å². The molecule has 1 N–H and O–H groups in total. The number of benzene rings is 3. The van der Waals surface area contributed by atoms with E-state index in [1.165, 1.54) is 31.4 Å². The summed E-state index contributed by atoms with van der Waals surface area (Å²) in [6, 6.07) is 16.6. The van der Waals surface area contributed by atoms with Gasteiger partial charge in [-0.15, -0.1) is 0 Å². The summed E-state index contributed by atoms with van der Waals surface area (Å²) >= 11 is 0. The van der Waals surface area contributed by atoms with Crippen LogP contribution in [0.1, 0.15) is 43.4 Å². The largest absolute Gasteiger partial charge is 0.453 e. The number of carbonyl (C=O) groups excluding carboxylic acids is 2. The molecule has 2 atom stereocenters. The van der Waals surface area contributed by atoms with Gasteiger partial charge in [-0.25, -0.2) is 18.0 Å². The molecule has 3 aromatic carbocycles. The Bertz CT molecular complexity index is 1260. The summed E-state index contributed by atoms with van der Waals surface area (Å²) in [5.74, 6) is -1.67.